The van der Waals surface area contributed by atoms with Crippen molar-refractivity contribution in [3.63, 3.8) is 0 Å². The largest absolute Gasteiger partial charge is 0.347 e. The molecule has 1 aliphatic rings. The van der Waals surface area contributed by atoms with E-state index in [2.05, 4.69) is 27.8 Å². The quantitative estimate of drug-likeness (QED) is 0.803. The van der Waals surface area contributed by atoms with Crippen molar-refractivity contribution in [3.8, 4) is 0 Å². The van der Waals surface area contributed by atoms with Gasteiger partial charge in [-0.25, -0.2) is 8.42 Å². The molecule has 1 N–H and O–H groups in total. The van der Waals surface area contributed by atoms with Crippen LogP contribution in [0, 0.1) is 6.92 Å². The average Bonchev–Trinajstić information content (AvgIpc) is 2.53. The number of benzene rings is 1. The van der Waals surface area contributed by atoms with Gasteiger partial charge in [0.2, 0.25) is 10.0 Å². The van der Waals surface area contributed by atoms with Crippen molar-refractivity contribution in [2.75, 3.05) is 13.1 Å². The van der Waals surface area contributed by atoms with Crippen LogP contribution in [0.4, 0.5) is 0 Å². The van der Waals surface area contributed by atoms with Gasteiger partial charge in [0.1, 0.15) is 0 Å². The fraction of sp³-hybridized carbons (Fsp3) is 0.471. The maximum Gasteiger partial charge on any atom is 0.251 e. The van der Waals surface area contributed by atoms with Crippen molar-refractivity contribution in [1.82, 2.24) is 9.62 Å². The first kappa shape index (κ1) is 19.1. The lowest BCUT2D eigenvalue weighted by Crippen LogP contribution is -2.42. The SMILES string of the molecule is C=C(Br)CNC(=O)c1cc(S(=O)(=O)N2CCCCC2C)ccc1C. The monoisotopic (exact) mass is 414 g/mol. The lowest BCUT2D eigenvalue weighted by Gasteiger charge is -2.32. The van der Waals surface area contributed by atoms with Crippen molar-refractivity contribution in [3.05, 3.63) is 40.4 Å². The molecule has 1 aliphatic heterocycles. The van der Waals surface area contributed by atoms with Crippen molar-refractivity contribution in [2.45, 2.75) is 44.0 Å². The highest BCUT2D eigenvalue weighted by Crippen LogP contribution is 2.26. The number of amides is 1. The summed E-state index contributed by atoms with van der Waals surface area (Å²) < 4.78 is 28.0. The van der Waals surface area contributed by atoms with Crippen LogP contribution < -0.4 is 5.32 Å². The van der Waals surface area contributed by atoms with E-state index in [0.717, 1.165) is 24.8 Å². The molecule has 1 fully saturated rings. The summed E-state index contributed by atoms with van der Waals surface area (Å²) in [7, 11) is -3.59. The lowest BCUT2D eigenvalue weighted by molar-refractivity contribution is 0.0957. The van der Waals surface area contributed by atoms with Crippen molar-refractivity contribution in [1.29, 1.82) is 0 Å². The van der Waals surface area contributed by atoms with Crippen LogP contribution in [0.25, 0.3) is 0 Å². The van der Waals surface area contributed by atoms with Gasteiger partial charge in [-0.3, -0.25) is 4.79 Å². The zero-order valence-electron chi connectivity index (χ0n) is 14.0. The summed E-state index contributed by atoms with van der Waals surface area (Å²) in [5.74, 6) is -0.308. The molecule has 1 heterocycles. The van der Waals surface area contributed by atoms with Gasteiger partial charge in [-0.15, -0.1) is 0 Å². The molecule has 0 aliphatic carbocycles. The number of nitrogens with zero attached hydrogens (tertiary/aromatic N) is 1. The molecule has 1 aromatic rings. The van der Waals surface area contributed by atoms with Gasteiger partial charge in [-0.2, -0.15) is 4.31 Å². The topological polar surface area (TPSA) is 66.5 Å². The number of hydrogen-bond donors (Lipinski definition) is 1. The Bertz CT molecular complexity index is 746. The van der Waals surface area contributed by atoms with E-state index in [4.69, 9.17) is 0 Å². The van der Waals surface area contributed by atoms with Gasteiger partial charge in [-0.1, -0.05) is 35.0 Å². The molecule has 1 amide bonds. The molecule has 7 heteroatoms. The van der Waals surface area contributed by atoms with E-state index in [-0.39, 0.29) is 16.8 Å². The molecule has 132 valence electrons. The Balaban J connectivity index is 2.32. The van der Waals surface area contributed by atoms with Crippen LogP contribution >= 0.6 is 15.9 Å². The molecule has 1 unspecified atom stereocenters. The third-order valence-corrected chi connectivity index (χ3v) is 6.53. The fourth-order valence-electron chi connectivity index (χ4n) is 2.84. The summed E-state index contributed by atoms with van der Waals surface area (Å²) >= 11 is 3.19. The van der Waals surface area contributed by atoms with Crippen LogP contribution in [0.5, 0.6) is 0 Å². The van der Waals surface area contributed by atoms with Crippen LogP contribution in [0.15, 0.2) is 34.2 Å². The smallest absolute Gasteiger partial charge is 0.251 e. The highest BCUT2D eigenvalue weighted by Gasteiger charge is 2.31. The molecule has 0 aromatic heterocycles. The Morgan fingerprint density at radius 3 is 2.75 bits per heavy atom. The number of carbonyl (C=O) groups excluding carboxylic acids is 1. The van der Waals surface area contributed by atoms with Crippen LogP contribution in [-0.4, -0.2) is 37.8 Å². The minimum Gasteiger partial charge on any atom is -0.347 e. The second kappa shape index (κ2) is 7.80. The van der Waals surface area contributed by atoms with Gasteiger partial charge < -0.3 is 5.32 Å². The predicted octanol–water partition coefficient (Wildman–Crippen LogP) is 3.20. The Morgan fingerprint density at radius 2 is 2.12 bits per heavy atom. The third kappa shape index (κ3) is 4.26. The molecular formula is C17H23BrN2O3S. The molecule has 2 rings (SSSR count). The molecule has 1 aromatic carbocycles. The summed E-state index contributed by atoms with van der Waals surface area (Å²) in [6, 6.07) is 4.71. The number of sulfonamides is 1. The predicted molar refractivity (Wildman–Crippen MR) is 98.8 cm³/mol. The van der Waals surface area contributed by atoms with Crippen LogP contribution in [0.3, 0.4) is 0 Å². The van der Waals surface area contributed by atoms with Crippen molar-refractivity contribution in [2.24, 2.45) is 0 Å². The van der Waals surface area contributed by atoms with Crippen LogP contribution in [0.2, 0.25) is 0 Å². The van der Waals surface area contributed by atoms with Gasteiger partial charge >= 0.3 is 0 Å². The van der Waals surface area contributed by atoms with Gasteiger partial charge in [0, 0.05) is 29.2 Å². The normalized spacial score (nSPS) is 19.0. The van der Waals surface area contributed by atoms with Crippen molar-refractivity contribution >= 4 is 31.9 Å². The molecule has 24 heavy (non-hydrogen) atoms. The maximum absolute atomic E-state index is 12.9. The Kier molecular flexibility index (Phi) is 6.22. The summed E-state index contributed by atoms with van der Waals surface area (Å²) in [6.07, 6.45) is 2.78. The zero-order valence-corrected chi connectivity index (χ0v) is 16.4. The van der Waals surface area contributed by atoms with E-state index >= 15 is 0 Å². The van der Waals surface area contributed by atoms with E-state index in [9.17, 15) is 13.2 Å². The summed E-state index contributed by atoms with van der Waals surface area (Å²) in [5.41, 5.74) is 1.10. The van der Waals surface area contributed by atoms with Crippen molar-refractivity contribution < 1.29 is 13.2 Å². The number of nitrogens with one attached hydrogen (secondary N) is 1. The second-order valence-electron chi connectivity index (χ2n) is 6.14. The highest BCUT2D eigenvalue weighted by molar-refractivity contribution is 9.11. The summed E-state index contributed by atoms with van der Waals surface area (Å²) in [5, 5.41) is 2.71. The highest BCUT2D eigenvalue weighted by atomic mass is 79.9. The summed E-state index contributed by atoms with van der Waals surface area (Å²) in [4.78, 5) is 12.5. The molecule has 5 nitrogen and oxygen atoms in total. The van der Waals surface area contributed by atoms with Crippen LogP contribution in [-0.2, 0) is 10.0 Å². The first-order valence-corrected chi connectivity index (χ1v) is 10.2. The number of aryl methyl sites for hydroxylation is 1. The molecule has 1 atom stereocenters. The van der Waals surface area contributed by atoms with E-state index < -0.39 is 10.0 Å². The molecule has 0 spiro atoms. The standard InChI is InChI=1S/C17H23BrN2O3S/c1-12-7-8-15(10-16(12)17(21)19-11-13(2)18)24(22,23)20-9-5-4-6-14(20)3/h7-8,10,14H,2,4-6,9,11H2,1,3H3,(H,19,21). The number of hydrogen-bond acceptors (Lipinski definition) is 3. The number of carbonyl (C=O) groups is 1. The van der Waals surface area contributed by atoms with E-state index in [0.29, 0.717) is 23.1 Å². The molecule has 0 saturated carbocycles. The summed E-state index contributed by atoms with van der Waals surface area (Å²) in [6.45, 7) is 8.21. The Labute approximate surface area is 152 Å². The number of piperidine rings is 1. The van der Waals surface area contributed by atoms with Gasteiger partial charge in [0.05, 0.1) is 4.90 Å². The minimum atomic E-state index is -3.59. The van der Waals surface area contributed by atoms with Gasteiger partial charge in [-0.05, 0) is 44.4 Å². The Hall–Kier alpha value is -1.18. The van der Waals surface area contributed by atoms with E-state index in [1.54, 1.807) is 23.4 Å². The lowest BCUT2D eigenvalue weighted by atomic mass is 10.1. The molecular weight excluding hydrogens is 392 g/mol. The number of rotatable bonds is 5. The average molecular weight is 415 g/mol. The zero-order chi connectivity index (χ0) is 17.9. The minimum absolute atomic E-state index is 0.0148. The first-order chi connectivity index (χ1) is 11.2. The second-order valence-corrected chi connectivity index (χ2v) is 9.15. The molecule has 0 bridgehead atoms. The molecule has 1 saturated heterocycles. The van der Waals surface area contributed by atoms with E-state index in [1.165, 1.54) is 6.07 Å². The third-order valence-electron chi connectivity index (χ3n) is 4.24. The maximum atomic E-state index is 12.9. The van der Waals surface area contributed by atoms with Gasteiger partial charge in [0.15, 0.2) is 0 Å². The molecule has 0 radical (unpaired) electrons. The number of halogens is 1. The Morgan fingerprint density at radius 1 is 1.42 bits per heavy atom. The van der Waals surface area contributed by atoms with E-state index in [1.807, 2.05) is 6.92 Å². The fourth-order valence-corrected chi connectivity index (χ4v) is 4.71. The van der Waals surface area contributed by atoms with Gasteiger partial charge in [0.25, 0.3) is 5.91 Å². The first-order valence-electron chi connectivity index (χ1n) is 7.97. The van der Waals surface area contributed by atoms with Crippen LogP contribution in [0.1, 0.15) is 42.1 Å².